The van der Waals surface area contributed by atoms with Gasteiger partial charge in [-0.1, -0.05) is 18.2 Å². The second-order valence-corrected chi connectivity index (χ2v) is 6.60. The highest BCUT2D eigenvalue weighted by atomic mass is 16.5. The second kappa shape index (κ2) is 9.84. The molecule has 0 spiro atoms. The standard InChI is InChI=1S/C18H27NO7/c20-10-14-17(24)18(25)16(23)13(26-14)9-12(7-4-8-15(21)22)19-11-5-2-1-3-6-11/h1-3,5-6,12-14,16-20,23-25H,4,7-10H2,(H,21,22)/t12?,13-,14-,16+,17-,18-/m1/s1. The lowest BCUT2D eigenvalue weighted by Gasteiger charge is -2.41. The van der Waals surface area contributed by atoms with Gasteiger partial charge in [-0.05, 0) is 31.4 Å². The summed E-state index contributed by atoms with van der Waals surface area (Å²) >= 11 is 0. The summed E-state index contributed by atoms with van der Waals surface area (Å²) in [5.41, 5.74) is 0.845. The van der Waals surface area contributed by atoms with E-state index in [0.29, 0.717) is 12.8 Å². The Balaban J connectivity index is 2.04. The van der Waals surface area contributed by atoms with Crippen LogP contribution in [-0.2, 0) is 9.53 Å². The van der Waals surface area contributed by atoms with Crippen molar-refractivity contribution in [3.63, 3.8) is 0 Å². The van der Waals surface area contributed by atoms with E-state index < -0.39 is 43.1 Å². The Morgan fingerprint density at radius 2 is 1.73 bits per heavy atom. The third kappa shape index (κ3) is 5.65. The smallest absolute Gasteiger partial charge is 0.303 e. The third-order valence-electron chi connectivity index (χ3n) is 4.60. The van der Waals surface area contributed by atoms with Crippen LogP contribution in [0.4, 0.5) is 5.69 Å². The normalized spacial score (nSPS) is 29.9. The molecule has 6 N–H and O–H groups in total. The number of hydrogen-bond donors (Lipinski definition) is 6. The molecule has 1 aromatic rings. The number of carboxylic acid groups (broad SMARTS) is 1. The van der Waals surface area contributed by atoms with Crippen molar-refractivity contribution in [1.29, 1.82) is 0 Å². The van der Waals surface area contributed by atoms with Gasteiger partial charge in [0.05, 0.1) is 12.7 Å². The number of ether oxygens (including phenoxy) is 1. The van der Waals surface area contributed by atoms with Gasteiger partial charge in [0.25, 0.3) is 0 Å². The van der Waals surface area contributed by atoms with Crippen molar-refractivity contribution in [3.05, 3.63) is 30.3 Å². The fourth-order valence-electron chi connectivity index (χ4n) is 3.17. The van der Waals surface area contributed by atoms with Crippen molar-refractivity contribution >= 4 is 11.7 Å². The largest absolute Gasteiger partial charge is 0.481 e. The van der Waals surface area contributed by atoms with Crippen LogP contribution in [0.25, 0.3) is 0 Å². The fraction of sp³-hybridized carbons (Fsp3) is 0.611. The molecule has 146 valence electrons. The van der Waals surface area contributed by atoms with Gasteiger partial charge in [-0.2, -0.15) is 0 Å². The average molecular weight is 369 g/mol. The maximum Gasteiger partial charge on any atom is 0.303 e. The lowest BCUT2D eigenvalue weighted by atomic mass is 9.90. The van der Waals surface area contributed by atoms with E-state index in [1.165, 1.54) is 0 Å². The van der Waals surface area contributed by atoms with E-state index in [9.17, 15) is 25.2 Å². The molecule has 0 radical (unpaired) electrons. The molecule has 1 unspecified atom stereocenters. The first kappa shape index (κ1) is 20.6. The summed E-state index contributed by atoms with van der Waals surface area (Å²) in [6, 6.07) is 9.14. The number of carboxylic acids is 1. The molecule has 26 heavy (non-hydrogen) atoms. The summed E-state index contributed by atoms with van der Waals surface area (Å²) in [5.74, 6) is -0.878. The van der Waals surface area contributed by atoms with Crippen LogP contribution in [0.1, 0.15) is 25.7 Å². The molecule has 0 saturated carbocycles. The highest BCUT2D eigenvalue weighted by Gasteiger charge is 2.43. The molecule has 1 aliphatic heterocycles. The predicted octanol–water partition coefficient (Wildman–Crippen LogP) is -0.0455. The fourth-order valence-corrected chi connectivity index (χ4v) is 3.17. The van der Waals surface area contributed by atoms with Crippen LogP contribution in [0.3, 0.4) is 0 Å². The van der Waals surface area contributed by atoms with E-state index >= 15 is 0 Å². The first-order valence-corrected chi connectivity index (χ1v) is 8.76. The van der Waals surface area contributed by atoms with Crippen LogP contribution in [0.2, 0.25) is 0 Å². The number of aliphatic carboxylic acids is 1. The Morgan fingerprint density at radius 3 is 2.35 bits per heavy atom. The number of benzene rings is 1. The van der Waals surface area contributed by atoms with Crippen LogP contribution in [0.5, 0.6) is 0 Å². The molecule has 2 rings (SSSR count). The zero-order valence-corrected chi connectivity index (χ0v) is 14.4. The number of anilines is 1. The Bertz CT molecular complexity index is 554. The van der Waals surface area contributed by atoms with Gasteiger partial charge < -0.3 is 35.6 Å². The van der Waals surface area contributed by atoms with Crippen LogP contribution in [0, 0.1) is 0 Å². The number of hydrogen-bond acceptors (Lipinski definition) is 7. The molecule has 1 aliphatic rings. The summed E-state index contributed by atoms with van der Waals surface area (Å²) in [6.07, 6.45) is -4.56. The summed E-state index contributed by atoms with van der Waals surface area (Å²) < 4.78 is 5.56. The van der Waals surface area contributed by atoms with Crippen LogP contribution >= 0.6 is 0 Å². The molecular formula is C18H27NO7. The molecule has 0 amide bonds. The van der Waals surface area contributed by atoms with Crippen molar-refractivity contribution in [2.45, 2.75) is 62.2 Å². The van der Waals surface area contributed by atoms with E-state index in [1.807, 2.05) is 30.3 Å². The van der Waals surface area contributed by atoms with E-state index in [2.05, 4.69) is 5.32 Å². The van der Waals surface area contributed by atoms with Gasteiger partial charge in [-0.3, -0.25) is 4.79 Å². The van der Waals surface area contributed by atoms with E-state index in [1.54, 1.807) is 0 Å². The first-order chi connectivity index (χ1) is 12.4. The molecular weight excluding hydrogens is 342 g/mol. The number of nitrogens with one attached hydrogen (secondary N) is 1. The molecule has 6 atom stereocenters. The minimum atomic E-state index is -1.41. The lowest BCUT2D eigenvalue weighted by molar-refractivity contribution is -0.230. The average Bonchev–Trinajstić information content (AvgIpc) is 2.62. The molecule has 1 aromatic carbocycles. The quantitative estimate of drug-likeness (QED) is 0.356. The van der Waals surface area contributed by atoms with Gasteiger partial charge in [0.15, 0.2) is 0 Å². The van der Waals surface area contributed by atoms with Gasteiger partial charge in [-0.25, -0.2) is 0 Å². The molecule has 1 saturated heterocycles. The van der Waals surface area contributed by atoms with Gasteiger partial charge in [0.2, 0.25) is 0 Å². The number of rotatable bonds is 9. The number of para-hydroxylation sites is 1. The summed E-state index contributed by atoms with van der Waals surface area (Å²) in [7, 11) is 0. The Morgan fingerprint density at radius 1 is 1.08 bits per heavy atom. The summed E-state index contributed by atoms with van der Waals surface area (Å²) in [5, 5.41) is 51.4. The summed E-state index contributed by atoms with van der Waals surface area (Å²) in [6.45, 7) is -0.475. The topological polar surface area (TPSA) is 139 Å². The maximum atomic E-state index is 10.8. The predicted molar refractivity (Wildman–Crippen MR) is 93.7 cm³/mol. The van der Waals surface area contributed by atoms with Gasteiger partial charge in [0.1, 0.15) is 24.4 Å². The molecule has 0 bridgehead atoms. The van der Waals surface area contributed by atoms with Crippen molar-refractivity contribution in [2.24, 2.45) is 0 Å². The van der Waals surface area contributed by atoms with Crippen molar-refractivity contribution in [1.82, 2.24) is 0 Å². The zero-order chi connectivity index (χ0) is 19.1. The Hall–Kier alpha value is -1.71. The minimum Gasteiger partial charge on any atom is -0.481 e. The van der Waals surface area contributed by atoms with Gasteiger partial charge in [-0.15, -0.1) is 0 Å². The molecule has 0 aliphatic carbocycles. The molecule has 1 fully saturated rings. The van der Waals surface area contributed by atoms with Crippen LogP contribution in [0.15, 0.2) is 30.3 Å². The first-order valence-electron chi connectivity index (χ1n) is 8.76. The highest BCUT2D eigenvalue weighted by Crippen LogP contribution is 2.26. The van der Waals surface area contributed by atoms with Crippen LogP contribution < -0.4 is 5.32 Å². The van der Waals surface area contributed by atoms with Crippen molar-refractivity contribution in [3.8, 4) is 0 Å². The summed E-state index contributed by atoms with van der Waals surface area (Å²) in [4.78, 5) is 10.8. The molecule has 0 aromatic heterocycles. The molecule has 8 nitrogen and oxygen atoms in total. The van der Waals surface area contributed by atoms with Gasteiger partial charge >= 0.3 is 5.97 Å². The number of aliphatic hydroxyl groups is 4. The Kier molecular flexibility index (Phi) is 7.80. The zero-order valence-electron chi connectivity index (χ0n) is 14.4. The maximum absolute atomic E-state index is 10.8. The number of carbonyl (C=O) groups is 1. The van der Waals surface area contributed by atoms with E-state index in [-0.39, 0.29) is 18.9 Å². The van der Waals surface area contributed by atoms with E-state index in [0.717, 1.165) is 5.69 Å². The molecule has 8 heteroatoms. The third-order valence-corrected chi connectivity index (χ3v) is 4.60. The van der Waals surface area contributed by atoms with Crippen LogP contribution in [-0.4, -0.2) is 74.7 Å². The second-order valence-electron chi connectivity index (χ2n) is 6.60. The SMILES string of the molecule is O=C(O)CCCC(C[C@H]1O[C@H](CO)[C@@H](O)[C@H](O)[C@H]1O)Nc1ccccc1. The monoisotopic (exact) mass is 369 g/mol. The van der Waals surface area contributed by atoms with Crippen molar-refractivity contribution in [2.75, 3.05) is 11.9 Å². The van der Waals surface area contributed by atoms with E-state index in [4.69, 9.17) is 9.84 Å². The Labute approximate surface area is 152 Å². The minimum absolute atomic E-state index is 0.0294. The molecule has 1 heterocycles. The number of aliphatic hydroxyl groups excluding tert-OH is 4. The highest BCUT2D eigenvalue weighted by molar-refractivity contribution is 5.66. The lowest BCUT2D eigenvalue weighted by Crippen LogP contribution is -2.59. The van der Waals surface area contributed by atoms with Crippen molar-refractivity contribution < 1.29 is 35.1 Å². The van der Waals surface area contributed by atoms with Gasteiger partial charge in [0, 0.05) is 18.2 Å².